The zero-order valence-electron chi connectivity index (χ0n) is 17.5. The van der Waals surface area contributed by atoms with Crippen LogP contribution in [0.1, 0.15) is 27.3 Å². The number of carbonyl (C=O) groups excluding carboxylic acids is 1. The first-order valence-electron chi connectivity index (χ1n) is 9.56. The van der Waals surface area contributed by atoms with Crippen molar-refractivity contribution < 1.29 is 19.2 Å². The van der Waals surface area contributed by atoms with Crippen molar-refractivity contribution in [2.24, 2.45) is 0 Å². The van der Waals surface area contributed by atoms with E-state index >= 15 is 0 Å². The van der Waals surface area contributed by atoms with Gasteiger partial charge in [0.1, 0.15) is 23.7 Å². The van der Waals surface area contributed by atoms with Crippen LogP contribution in [0.25, 0.3) is 0 Å². The van der Waals surface area contributed by atoms with Crippen molar-refractivity contribution in [2.45, 2.75) is 20.4 Å². The lowest BCUT2D eigenvalue weighted by atomic mass is 10.1. The monoisotopic (exact) mass is 425 g/mol. The molecule has 3 rings (SSSR count). The molecule has 3 aromatic rings. The van der Waals surface area contributed by atoms with E-state index in [2.05, 4.69) is 15.4 Å². The molecule has 0 fully saturated rings. The molecule has 0 aliphatic rings. The molecule has 0 atom stereocenters. The summed E-state index contributed by atoms with van der Waals surface area (Å²) in [6.45, 7) is 4.36. The standard InChI is InChI=1S/C21H23N5O5/c1-14-19(26(28)29)15(2)25(24-14)13-16-6-8-17(9-7-16)20(27)23-18-5-4-10-22-21(18)31-12-11-30-3/h4-10H,11-13H2,1-3H3,(H,23,27). The van der Waals surface area contributed by atoms with Crippen molar-refractivity contribution in [2.75, 3.05) is 25.6 Å². The molecule has 0 spiro atoms. The fourth-order valence-corrected chi connectivity index (χ4v) is 3.06. The molecular weight excluding hydrogens is 402 g/mol. The number of aryl methyl sites for hydroxylation is 1. The molecule has 0 bridgehead atoms. The summed E-state index contributed by atoms with van der Waals surface area (Å²) in [5, 5.41) is 18.2. The van der Waals surface area contributed by atoms with Gasteiger partial charge >= 0.3 is 5.69 Å². The Morgan fingerprint density at radius 3 is 2.58 bits per heavy atom. The second-order valence-corrected chi connectivity index (χ2v) is 6.78. The number of amides is 1. The van der Waals surface area contributed by atoms with Crippen LogP contribution in [0.3, 0.4) is 0 Å². The fourth-order valence-electron chi connectivity index (χ4n) is 3.06. The number of anilines is 1. The maximum Gasteiger partial charge on any atom is 0.312 e. The first-order chi connectivity index (χ1) is 14.9. The number of aromatic nitrogens is 3. The van der Waals surface area contributed by atoms with Gasteiger partial charge < -0.3 is 14.8 Å². The van der Waals surface area contributed by atoms with E-state index in [1.165, 1.54) is 0 Å². The van der Waals surface area contributed by atoms with Gasteiger partial charge in [0.2, 0.25) is 5.88 Å². The van der Waals surface area contributed by atoms with Crippen LogP contribution in [-0.2, 0) is 11.3 Å². The summed E-state index contributed by atoms with van der Waals surface area (Å²) in [5.74, 6) is 0.00790. The second-order valence-electron chi connectivity index (χ2n) is 6.78. The van der Waals surface area contributed by atoms with Crippen molar-refractivity contribution >= 4 is 17.3 Å². The number of nitrogens with zero attached hydrogens (tertiary/aromatic N) is 4. The third kappa shape index (κ3) is 5.23. The average Bonchev–Trinajstić information content (AvgIpc) is 3.03. The highest BCUT2D eigenvalue weighted by Gasteiger charge is 2.21. The van der Waals surface area contributed by atoms with E-state index in [0.29, 0.717) is 48.3 Å². The largest absolute Gasteiger partial charge is 0.474 e. The van der Waals surface area contributed by atoms with Gasteiger partial charge in [0.15, 0.2) is 0 Å². The lowest BCUT2D eigenvalue weighted by Gasteiger charge is -2.11. The van der Waals surface area contributed by atoms with Crippen molar-refractivity contribution in [1.82, 2.24) is 14.8 Å². The van der Waals surface area contributed by atoms with Gasteiger partial charge in [-0.25, -0.2) is 4.98 Å². The van der Waals surface area contributed by atoms with Crippen LogP contribution in [0, 0.1) is 24.0 Å². The van der Waals surface area contributed by atoms with E-state index in [-0.39, 0.29) is 11.6 Å². The minimum atomic E-state index is -0.423. The van der Waals surface area contributed by atoms with E-state index in [1.54, 1.807) is 68.2 Å². The summed E-state index contributed by atoms with van der Waals surface area (Å²) < 4.78 is 12.1. The SMILES string of the molecule is COCCOc1ncccc1NC(=O)c1ccc(Cn2nc(C)c([N+](=O)[O-])c2C)cc1. The van der Waals surface area contributed by atoms with Crippen molar-refractivity contribution in [3.63, 3.8) is 0 Å². The third-order valence-electron chi connectivity index (χ3n) is 4.62. The summed E-state index contributed by atoms with van der Waals surface area (Å²) in [6, 6.07) is 10.4. The lowest BCUT2D eigenvalue weighted by Crippen LogP contribution is -2.14. The Bertz CT molecular complexity index is 1080. The molecule has 31 heavy (non-hydrogen) atoms. The molecule has 0 unspecified atom stereocenters. The highest BCUT2D eigenvalue weighted by molar-refractivity contribution is 6.04. The van der Waals surface area contributed by atoms with Crippen LogP contribution in [0.15, 0.2) is 42.6 Å². The molecule has 10 nitrogen and oxygen atoms in total. The van der Waals surface area contributed by atoms with Crippen LogP contribution < -0.4 is 10.1 Å². The molecule has 162 valence electrons. The van der Waals surface area contributed by atoms with E-state index in [4.69, 9.17) is 9.47 Å². The number of methoxy groups -OCH3 is 1. The van der Waals surface area contributed by atoms with Crippen LogP contribution in [-0.4, -0.2) is 45.9 Å². The van der Waals surface area contributed by atoms with Gasteiger partial charge in [0.05, 0.1) is 18.1 Å². The van der Waals surface area contributed by atoms with Crippen LogP contribution in [0.4, 0.5) is 11.4 Å². The number of ether oxygens (including phenoxy) is 2. The quantitative estimate of drug-likeness (QED) is 0.317. The molecule has 2 aromatic heterocycles. The minimum absolute atomic E-state index is 0.0241. The summed E-state index contributed by atoms with van der Waals surface area (Å²) >= 11 is 0. The average molecular weight is 425 g/mol. The smallest absolute Gasteiger partial charge is 0.312 e. The molecular formula is C21H23N5O5. The Kier molecular flexibility index (Phi) is 6.93. The zero-order chi connectivity index (χ0) is 22.4. The maximum atomic E-state index is 12.6. The number of nitro groups is 1. The second kappa shape index (κ2) is 9.81. The zero-order valence-corrected chi connectivity index (χ0v) is 17.5. The van der Waals surface area contributed by atoms with Gasteiger partial charge in [-0.05, 0) is 43.7 Å². The molecule has 0 aliphatic heterocycles. The molecule has 1 N–H and O–H groups in total. The Labute approximate surface area is 179 Å². The van der Waals surface area contributed by atoms with E-state index in [1.807, 2.05) is 0 Å². The normalized spacial score (nSPS) is 10.7. The molecule has 1 aromatic carbocycles. The first kappa shape index (κ1) is 21.9. The number of nitrogens with one attached hydrogen (secondary N) is 1. The van der Waals surface area contributed by atoms with Gasteiger partial charge in [0, 0.05) is 18.9 Å². The molecule has 10 heteroatoms. The van der Waals surface area contributed by atoms with Crippen LogP contribution >= 0.6 is 0 Å². The summed E-state index contributed by atoms with van der Waals surface area (Å²) in [6.07, 6.45) is 1.58. The molecule has 2 heterocycles. The summed E-state index contributed by atoms with van der Waals surface area (Å²) in [7, 11) is 1.57. The third-order valence-corrected chi connectivity index (χ3v) is 4.62. The van der Waals surface area contributed by atoms with Crippen molar-refractivity contribution in [3.05, 3.63) is 75.2 Å². The molecule has 0 radical (unpaired) electrons. The molecule has 0 saturated heterocycles. The number of rotatable bonds is 9. The van der Waals surface area contributed by atoms with Gasteiger partial charge in [-0.15, -0.1) is 0 Å². The minimum Gasteiger partial charge on any atom is -0.474 e. The fraction of sp³-hybridized carbons (Fsp3) is 0.286. The lowest BCUT2D eigenvalue weighted by molar-refractivity contribution is -0.386. The van der Waals surface area contributed by atoms with E-state index in [0.717, 1.165) is 5.56 Å². The van der Waals surface area contributed by atoms with Crippen LogP contribution in [0.5, 0.6) is 5.88 Å². The Balaban J connectivity index is 1.69. The Morgan fingerprint density at radius 1 is 1.19 bits per heavy atom. The molecule has 0 aliphatic carbocycles. The number of carbonyl (C=O) groups is 1. The van der Waals surface area contributed by atoms with Gasteiger partial charge in [0.25, 0.3) is 5.91 Å². The highest BCUT2D eigenvalue weighted by atomic mass is 16.6. The van der Waals surface area contributed by atoms with Gasteiger partial charge in [-0.1, -0.05) is 12.1 Å². The number of pyridine rings is 1. The first-order valence-corrected chi connectivity index (χ1v) is 9.56. The number of hydrogen-bond acceptors (Lipinski definition) is 7. The van der Waals surface area contributed by atoms with Gasteiger partial charge in [-0.3, -0.25) is 19.6 Å². The van der Waals surface area contributed by atoms with Gasteiger partial charge in [-0.2, -0.15) is 5.10 Å². The topological polar surface area (TPSA) is 121 Å². The number of benzene rings is 1. The van der Waals surface area contributed by atoms with Crippen molar-refractivity contribution in [3.8, 4) is 5.88 Å². The van der Waals surface area contributed by atoms with Crippen LogP contribution in [0.2, 0.25) is 0 Å². The number of hydrogen-bond donors (Lipinski definition) is 1. The molecule has 1 amide bonds. The highest BCUT2D eigenvalue weighted by Crippen LogP contribution is 2.23. The van der Waals surface area contributed by atoms with E-state index < -0.39 is 4.92 Å². The predicted octanol–water partition coefficient (Wildman–Crippen LogP) is 3.13. The maximum absolute atomic E-state index is 12.6. The van der Waals surface area contributed by atoms with Crippen molar-refractivity contribution in [1.29, 1.82) is 0 Å². The Morgan fingerprint density at radius 2 is 1.94 bits per heavy atom. The van der Waals surface area contributed by atoms with E-state index in [9.17, 15) is 14.9 Å². The Hall–Kier alpha value is -3.79. The summed E-state index contributed by atoms with van der Waals surface area (Å²) in [4.78, 5) is 27.5. The molecule has 0 saturated carbocycles. The summed E-state index contributed by atoms with van der Waals surface area (Å²) in [5.41, 5.74) is 2.66. The predicted molar refractivity (Wildman–Crippen MR) is 113 cm³/mol.